The molecule has 1 fully saturated rings. The van der Waals surface area contributed by atoms with Gasteiger partial charge in [0, 0.05) is 37.1 Å². The third-order valence-electron chi connectivity index (χ3n) is 4.97. The second-order valence-electron chi connectivity index (χ2n) is 7.43. The predicted molar refractivity (Wildman–Crippen MR) is 124 cm³/mol. The summed E-state index contributed by atoms with van der Waals surface area (Å²) < 4.78 is 20.1. The summed E-state index contributed by atoms with van der Waals surface area (Å²) in [4.78, 5) is 24.6. The number of nitrogens with zero attached hydrogens (tertiary/aromatic N) is 1. The number of aliphatic hydroxyl groups is 1. The van der Waals surface area contributed by atoms with E-state index in [-0.39, 0.29) is 25.6 Å². The number of carbonyl (C=O) groups excluding carboxylic acids is 2. The van der Waals surface area contributed by atoms with Crippen LogP contribution in [0.1, 0.15) is 12.5 Å². The number of hydrogen-bond donors (Lipinski definition) is 3. The highest BCUT2D eigenvalue weighted by Crippen LogP contribution is 2.29. The van der Waals surface area contributed by atoms with E-state index in [1.165, 1.54) is 17.9 Å². The number of thioether (sulfide) groups is 1. The molecule has 0 aromatic heterocycles. The summed E-state index contributed by atoms with van der Waals surface area (Å²) in [7, 11) is 0. The quantitative estimate of drug-likeness (QED) is 0.446. The second-order valence-corrected chi connectivity index (χ2v) is 8.65. The molecule has 1 heterocycles. The number of rotatable bonds is 11. The first-order valence-corrected chi connectivity index (χ1v) is 11.6. The summed E-state index contributed by atoms with van der Waals surface area (Å²) in [5.74, 6) is 1.06. The molecule has 1 aliphatic heterocycles. The van der Waals surface area contributed by atoms with Gasteiger partial charge in [-0.1, -0.05) is 24.3 Å². The van der Waals surface area contributed by atoms with Crippen molar-refractivity contribution in [2.45, 2.75) is 19.6 Å². The monoisotopic (exact) mass is 461 g/mol. The van der Waals surface area contributed by atoms with Crippen molar-refractivity contribution in [3.63, 3.8) is 0 Å². The molecule has 1 unspecified atom stereocenters. The summed E-state index contributed by atoms with van der Waals surface area (Å²) in [5, 5.41) is 14.7. The van der Waals surface area contributed by atoms with Crippen molar-refractivity contribution in [3.8, 4) is 11.1 Å². The van der Waals surface area contributed by atoms with Gasteiger partial charge in [-0.15, -0.1) is 0 Å². The van der Waals surface area contributed by atoms with Gasteiger partial charge in [0.05, 0.1) is 25.4 Å². The summed E-state index contributed by atoms with van der Waals surface area (Å²) >= 11 is 1.70. The molecule has 0 bridgehead atoms. The van der Waals surface area contributed by atoms with Crippen LogP contribution in [-0.2, 0) is 16.1 Å². The first kappa shape index (κ1) is 24.0. The first-order valence-electron chi connectivity index (χ1n) is 10.5. The van der Waals surface area contributed by atoms with Crippen LogP contribution in [-0.4, -0.2) is 61.0 Å². The lowest BCUT2D eigenvalue weighted by Crippen LogP contribution is -2.33. The molecule has 172 valence electrons. The summed E-state index contributed by atoms with van der Waals surface area (Å²) in [6.45, 7) is 3.64. The van der Waals surface area contributed by atoms with Gasteiger partial charge in [0.25, 0.3) is 0 Å². The van der Waals surface area contributed by atoms with Gasteiger partial charge in [-0.3, -0.25) is 9.69 Å². The zero-order chi connectivity index (χ0) is 22.9. The molecule has 2 aromatic rings. The molecule has 7 nitrogen and oxygen atoms in total. The molecule has 2 amide bonds. The molecular weight excluding hydrogens is 433 g/mol. The van der Waals surface area contributed by atoms with Crippen LogP contribution < -0.4 is 15.5 Å². The number of aliphatic hydroxyl groups excluding tert-OH is 1. The zero-order valence-electron chi connectivity index (χ0n) is 18.0. The number of anilines is 1. The van der Waals surface area contributed by atoms with E-state index in [0.717, 1.165) is 35.7 Å². The van der Waals surface area contributed by atoms with Gasteiger partial charge in [0.15, 0.2) is 0 Å². The van der Waals surface area contributed by atoms with Crippen LogP contribution in [0.3, 0.4) is 0 Å². The number of nitrogens with one attached hydrogen (secondary N) is 2. The van der Waals surface area contributed by atoms with Crippen LogP contribution in [0, 0.1) is 5.82 Å². The fourth-order valence-electron chi connectivity index (χ4n) is 3.35. The Kier molecular flexibility index (Phi) is 8.90. The van der Waals surface area contributed by atoms with E-state index in [1.54, 1.807) is 23.9 Å². The van der Waals surface area contributed by atoms with Gasteiger partial charge < -0.3 is 20.5 Å². The van der Waals surface area contributed by atoms with Crippen LogP contribution in [0.2, 0.25) is 0 Å². The van der Waals surface area contributed by atoms with Gasteiger partial charge in [0.2, 0.25) is 5.91 Å². The molecule has 0 spiro atoms. The molecule has 3 rings (SSSR count). The molecule has 2 aromatic carbocycles. The maximum absolute atomic E-state index is 14.8. The number of benzene rings is 2. The lowest BCUT2D eigenvalue weighted by molar-refractivity contribution is -0.119. The third-order valence-corrected chi connectivity index (χ3v) is 5.93. The standard InChI is InChI=1S/C23H28FN3O4S/c1-16(29)26-14-20-15-27(23(30)31-20)19-6-7-21(22(24)12-19)18-4-2-17(3-5-18)13-25-8-10-32-11-9-28/h2-7,12,20,25,28H,8-11,13-15H2,1H3,(H,26,29). The van der Waals surface area contributed by atoms with E-state index in [9.17, 15) is 14.0 Å². The van der Waals surface area contributed by atoms with Gasteiger partial charge in [-0.25, -0.2) is 9.18 Å². The second kappa shape index (κ2) is 11.8. The zero-order valence-corrected chi connectivity index (χ0v) is 18.8. The number of hydrogen-bond acceptors (Lipinski definition) is 6. The minimum atomic E-state index is -0.556. The molecule has 0 aliphatic carbocycles. The molecule has 9 heteroatoms. The van der Waals surface area contributed by atoms with E-state index < -0.39 is 18.0 Å². The average Bonchev–Trinajstić information content (AvgIpc) is 3.16. The number of halogens is 1. The highest BCUT2D eigenvalue weighted by Gasteiger charge is 2.32. The van der Waals surface area contributed by atoms with Crippen molar-refractivity contribution in [2.24, 2.45) is 0 Å². The lowest BCUT2D eigenvalue weighted by atomic mass is 10.0. The minimum absolute atomic E-state index is 0.199. The highest BCUT2D eigenvalue weighted by atomic mass is 32.2. The van der Waals surface area contributed by atoms with Gasteiger partial charge in [-0.2, -0.15) is 11.8 Å². The first-order chi connectivity index (χ1) is 15.5. The SMILES string of the molecule is CC(=O)NCC1CN(c2ccc(-c3ccc(CNCCSCCO)cc3)c(F)c2)C(=O)O1. The normalized spacial score (nSPS) is 15.7. The fraction of sp³-hybridized carbons (Fsp3) is 0.391. The molecule has 1 saturated heterocycles. The van der Waals surface area contributed by atoms with Crippen molar-refractivity contribution in [3.05, 3.63) is 53.8 Å². The van der Waals surface area contributed by atoms with Crippen LogP contribution >= 0.6 is 11.8 Å². The fourth-order valence-corrected chi connectivity index (χ4v) is 3.97. The number of ether oxygens (including phenoxy) is 1. The maximum atomic E-state index is 14.8. The van der Waals surface area contributed by atoms with Crippen LogP contribution in [0.15, 0.2) is 42.5 Å². The Morgan fingerprint density at radius 3 is 2.72 bits per heavy atom. The molecule has 3 N–H and O–H groups in total. The van der Waals surface area contributed by atoms with E-state index in [2.05, 4.69) is 10.6 Å². The van der Waals surface area contributed by atoms with Crippen molar-refractivity contribution in [2.75, 3.05) is 42.6 Å². The van der Waals surface area contributed by atoms with Gasteiger partial charge in [0.1, 0.15) is 11.9 Å². The molecular formula is C23H28FN3O4S. The van der Waals surface area contributed by atoms with Crippen LogP contribution in [0.4, 0.5) is 14.9 Å². The van der Waals surface area contributed by atoms with E-state index in [1.807, 2.05) is 24.3 Å². The number of amides is 2. The Morgan fingerprint density at radius 1 is 1.25 bits per heavy atom. The molecule has 1 atom stereocenters. The Bertz CT molecular complexity index is 926. The number of cyclic esters (lactones) is 1. The molecule has 32 heavy (non-hydrogen) atoms. The Hall–Kier alpha value is -2.62. The summed E-state index contributed by atoms with van der Waals surface area (Å²) in [6.07, 6.45) is -1.03. The van der Waals surface area contributed by atoms with Crippen molar-refractivity contribution >= 4 is 29.4 Å². The van der Waals surface area contributed by atoms with Gasteiger partial charge >= 0.3 is 6.09 Å². The lowest BCUT2D eigenvalue weighted by Gasteiger charge is -2.15. The average molecular weight is 462 g/mol. The van der Waals surface area contributed by atoms with Crippen molar-refractivity contribution in [1.82, 2.24) is 10.6 Å². The molecule has 0 radical (unpaired) electrons. The highest BCUT2D eigenvalue weighted by molar-refractivity contribution is 7.99. The third kappa shape index (κ3) is 6.69. The Morgan fingerprint density at radius 2 is 2.03 bits per heavy atom. The van der Waals surface area contributed by atoms with E-state index in [0.29, 0.717) is 11.3 Å². The largest absolute Gasteiger partial charge is 0.442 e. The van der Waals surface area contributed by atoms with Crippen LogP contribution in [0.25, 0.3) is 11.1 Å². The van der Waals surface area contributed by atoms with E-state index in [4.69, 9.17) is 9.84 Å². The molecule has 1 aliphatic rings. The van der Waals surface area contributed by atoms with Crippen molar-refractivity contribution in [1.29, 1.82) is 0 Å². The summed E-state index contributed by atoms with van der Waals surface area (Å²) in [5.41, 5.74) is 2.73. The number of carbonyl (C=O) groups is 2. The predicted octanol–water partition coefficient (Wildman–Crippen LogP) is 2.77. The van der Waals surface area contributed by atoms with Crippen molar-refractivity contribution < 1.29 is 23.8 Å². The topological polar surface area (TPSA) is 90.9 Å². The summed E-state index contributed by atoms with van der Waals surface area (Å²) in [6, 6.07) is 12.4. The van der Waals surface area contributed by atoms with E-state index >= 15 is 0 Å². The molecule has 0 saturated carbocycles. The Balaban J connectivity index is 1.58. The minimum Gasteiger partial charge on any atom is -0.442 e. The Labute approximate surface area is 191 Å². The smallest absolute Gasteiger partial charge is 0.414 e. The maximum Gasteiger partial charge on any atom is 0.414 e. The van der Waals surface area contributed by atoms with Gasteiger partial charge in [-0.05, 0) is 29.3 Å². The van der Waals surface area contributed by atoms with Crippen LogP contribution in [0.5, 0.6) is 0 Å².